The minimum atomic E-state index is -0.361. The summed E-state index contributed by atoms with van der Waals surface area (Å²) in [6.45, 7) is 2.04. The Balaban J connectivity index is 1.48. The van der Waals surface area contributed by atoms with Crippen LogP contribution in [-0.2, 0) is 11.2 Å². The normalized spacial score (nSPS) is 14.4. The van der Waals surface area contributed by atoms with Gasteiger partial charge < -0.3 is 9.80 Å². The fraction of sp³-hybridized carbons (Fsp3) is 0.316. The SMILES string of the molecule is O=C(CCc1cccnc1)N1CCN(C(=O)c2ccc(F)cc2)CC1. The van der Waals surface area contributed by atoms with Crippen LogP contribution >= 0.6 is 0 Å². The van der Waals surface area contributed by atoms with E-state index < -0.39 is 0 Å². The van der Waals surface area contributed by atoms with Gasteiger partial charge in [-0.2, -0.15) is 0 Å². The third kappa shape index (κ3) is 4.41. The third-order valence-corrected chi connectivity index (χ3v) is 4.36. The van der Waals surface area contributed by atoms with Gasteiger partial charge in [-0.1, -0.05) is 6.07 Å². The number of pyridine rings is 1. The maximum atomic E-state index is 13.0. The van der Waals surface area contributed by atoms with Gasteiger partial charge in [0, 0.05) is 50.6 Å². The molecule has 3 rings (SSSR count). The summed E-state index contributed by atoms with van der Waals surface area (Å²) in [5, 5.41) is 0. The van der Waals surface area contributed by atoms with E-state index in [9.17, 15) is 14.0 Å². The molecule has 0 bridgehead atoms. The van der Waals surface area contributed by atoms with E-state index in [1.807, 2.05) is 12.1 Å². The molecule has 0 saturated carbocycles. The van der Waals surface area contributed by atoms with Crippen LogP contribution in [0, 0.1) is 5.82 Å². The Hall–Kier alpha value is -2.76. The van der Waals surface area contributed by atoms with E-state index in [0.29, 0.717) is 44.6 Å². The molecule has 0 radical (unpaired) electrons. The first kappa shape index (κ1) is 17.1. The topological polar surface area (TPSA) is 53.5 Å². The molecule has 130 valence electrons. The molecule has 2 heterocycles. The molecule has 6 heteroatoms. The van der Waals surface area contributed by atoms with Crippen LogP contribution < -0.4 is 0 Å². The van der Waals surface area contributed by atoms with Crippen LogP contribution in [0.1, 0.15) is 22.3 Å². The smallest absolute Gasteiger partial charge is 0.253 e. The Morgan fingerprint density at radius 3 is 2.32 bits per heavy atom. The van der Waals surface area contributed by atoms with Crippen LogP contribution in [0.2, 0.25) is 0 Å². The number of carbonyl (C=O) groups excluding carboxylic acids is 2. The number of benzene rings is 1. The van der Waals surface area contributed by atoms with Crippen molar-refractivity contribution >= 4 is 11.8 Å². The van der Waals surface area contributed by atoms with Crippen LogP contribution in [0.3, 0.4) is 0 Å². The van der Waals surface area contributed by atoms with Gasteiger partial charge in [0.1, 0.15) is 5.82 Å². The van der Waals surface area contributed by atoms with Crippen molar-refractivity contribution < 1.29 is 14.0 Å². The first-order valence-corrected chi connectivity index (χ1v) is 8.35. The average Bonchev–Trinajstić information content (AvgIpc) is 2.67. The number of aromatic nitrogens is 1. The first-order valence-electron chi connectivity index (χ1n) is 8.35. The van der Waals surface area contributed by atoms with Crippen molar-refractivity contribution in [3.8, 4) is 0 Å². The molecule has 1 saturated heterocycles. The molecule has 2 aromatic rings. The molecule has 1 aromatic heterocycles. The second-order valence-corrected chi connectivity index (χ2v) is 6.04. The van der Waals surface area contributed by atoms with E-state index in [1.165, 1.54) is 24.3 Å². The lowest BCUT2D eigenvalue weighted by molar-refractivity contribution is -0.132. The van der Waals surface area contributed by atoms with Crippen LogP contribution in [-0.4, -0.2) is 52.8 Å². The zero-order valence-electron chi connectivity index (χ0n) is 13.9. The number of rotatable bonds is 4. The van der Waals surface area contributed by atoms with Gasteiger partial charge in [0.25, 0.3) is 5.91 Å². The molecule has 25 heavy (non-hydrogen) atoms. The Morgan fingerprint density at radius 1 is 1.00 bits per heavy atom. The van der Waals surface area contributed by atoms with Gasteiger partial charge >= 0.3 is 0 Å². The van der Waals surface area contributed by atoms with Crippen molar-refractivity contribution in [1.29, 1.82) is 0 Å². The van der Waals surface area contributed by atoms with Crippen LogP contribution in [0.4, 0.5) is 4.39 Å². The van der Waals surface area contributed by atoms with Crippen molar-refractivity contribution in [2.45, 2.75) is 12.8 Å². The van der Waals surface area contributed by atoms with Crippen LogP contribution in [0.5, 0.6) is 0 Å². The Labute approximate surface area is 146 Å². The molecular formula is C19H20FN3O2. The molecule has 0 atom stereocenters. The minimum absolute atomic E-state index is 0.0951. The summed E-state index contributed by atoms with van der Waals surface area (Å²) in [4.78, 5) is 32.3. The van der Waals surface area contributed by atoms with Crippen LogP contribution in [0.15, 0.2) is 48.8 Å². The minimum Gasteiger partial charge on any atom is -0.339 e. The highest BCUT2D eigenvalue weighted by Gasteiger charge is 2.24. The number of hydrogen-bond acceptors (Lipinski definition) is 3. The fourth-order valence-electron chi connectivity index (χ4n) is 2.89. The zero-order chi connectivity index (χ0) is 17.6. The molecule has 0 unspecified atom stereocenters. The lowest BCUT2D eigenvalue weighted by Gasteiger charge is -2.35. The van der Waals surface area contributed by atoms with Gasteiger partial charge in [-0.15, -0.1) is 0 Å². The maximum Gasteiger partial charge on any atom is 0.253 e. The van der Waals surface area contributed by atoms with Crippen LogP contribution in [0.25, 0.3) is 0 Å². The molecule has 1 aromatic carbocycles. The van der Waals surface area contributed by atoms with E-state index >= 15 is 0 Å². The van der Waals surface area contributed by atoms with Gasteiger partial charge in [0.2, 0.25) is 5.91 Å². The summed E-state index contributed by atoms with van der Waals surface area (Å²) in [5.41, 5.74) is 1.51. The van der Waals surface area contributed by atoms with Gasteiger partial charge in [-0.05, 0) is 42.3 Å². The number of carbonyl (C=O) groups is 2. The quantitative estimate of drug-likeness (QED) is 0.856. The van der Waals surface area contributed by atoms with E-state index in [4.69, 9.17) is 0 Å². The van der Waals surface area contributed by atoms with E-state index in [2.05, 4.69) is 4.98 Å². The Morgan fingerprint density at radius 2 is 1.68 bits per heavy atom. The van der Waals surface area contributed by atoms with Gasteiger partial charge in [-0.25, -0.2) is 4.39 Å². The number of halogens is 1. The number of amides is 2. The maximum absolute atomic E-state index is 13.0. The van der Waals surface area contributed by atoms with Crippen molar-refractivity contribution in [2.75, 3.05) is 26.2 Å². The van der Waals surface area contributed by atoms with E-state index in [-0.39, 0.29) is 17.6 Å². The third-order valence-electron chi connectivity index (χ3n) is 4.36. The fourth-order valence-corrected chi connectivity index (χ4v) is 2.89. The molecule has 0 aliphatic carbocycles. The predicted molar refractivity (Wildman–Crippen MR) is 91.4 cm³/mol. The number of hydrogen-bond donors (Lipinski definition) is 0. The largest absolute Gasteiger partial charge is 0.339 e. The summed E-state index contributed by atoms with van der Waals surface area (Å²) in [7, 11) is 0. The highest BCUT2D eigenvalue weighted by atomic mass is 19.1. The van der Waals surface area contributed by atoms with Crippen molar-refractivity contribution in [3.05, 3.63) is 65.7 Å². The van der Waals surface area contributed by atoms with Gasteiger partial charge in [0.05, 0.1) is 0 Å². The summed E-state index contributed by atoms with van der Waals surface area (Å²) >= 11 is 0. The van der Waals surface area contributed by atoms with E-state index in [0.717, 1.165) is 5.56 Å². The monoisotopic (exact) mass is 341 g/mol. The van der Waals surface area contributed by atoms with Crippen molar-refractivity contribution in [2.24, 2.45) is 0 Å². The molecule has 5 nitrogen and oxygen atoms in total. The molecule has 1 aliphatic heterocycles. The highest BCUT2D eigenvalue weighted by molar-refractivity contribution is 5.94. The molecular weight excluding hydrogens is 321 g/mol. The summed E-state index contributed by atoms with van der Waals surface area (Å²) in [5.74, 6) is -0.388. The van der Waals surface area contributed by atoms with E-state index in [1.54, 1.807) is 22.2 Å². The molecule has 1 aliphatic rings. The zero-order valence-corrected chi connectivity index (χ0v) is 13.9. The predicted octanol–water partition coefficient (Wildman–Crippen LogP) is 2.14. The Bertz CT molecular complexity index is 726. The lowest BCUT2D eigenvalue weighted by Crippen LogP contribution is -2.50. The summed E-state index contributed by atoms with van der Waals surface area (Å²) < 4.78 is 13.0. The molecule has 0 N–H and O–H groups in total. The lowest BCUT2D eigenvalue weighted by atomic mass is 10.1. The molecule has 1 fully saturated rings. The Kier molecular flexibility index (Phi) is 5.38. The molecule has 2 amide bonds. The summed E-state index contributed by atoms with van der Waals surface area (Å²) in [6, 6.07) is 9.36. The average molecular weight is 341 g/mol. The van der Waals surface area contributed by atoms with Gasteiger partial charge in [-0.3, -0.25) is 14.6 Å². The second-order valence-electron chi connectivity index (χ2n) is 6.04. The number of aryl methyl sites for hydroxylation is 1. The standard InChI is InChI=1S/C19H20FN3O2/c20-17-6-4-16(5-7-17)19(25)23-12-10-22(11-13-23)18(24)8-3-15-2-1-9-21-14-15/h1-2,4-7,9,14H,3,8,10-13H2. The number of piperazine rings is 1. The second kappa shape index (κ2) is 7.88. The van der Waals surface area contributed by atoms with Crippen molar-refractivity contribution in [1.82, 2.24) is 14.8 Å². The first-order chi connectivity index (χ1) is 12.1. The highest BCUT2D eigenvalue weighted by Crippen LogP contribution is 2.11. The molecule has 0 spiro atoms. The van der Waals surface area contributed by atoms with Gasteiger partial charge in [0.15, 0.2) is 0 Å². The summed E-state index contributed by atoms with van der Waals surface area (Å²) in [6.07, 6.45) is 4.59. The number of nitrogens with zero attached hydrogens (tertiary/aromatic N) is 3. The van der Waals surface area contributed by atoms with Crippen molar-refractivity contribution in [3.63, 3.8) is 0 Å².